The average Bonchev–Trinajstić information content (AvgIpc) is 2.72. The molecule has 0 radical (unpaired) electrons. The van der Waals surface area contributed by atoms with Gasteiger partial charge in [-0.05, 0) is 25.1 Å². The lowest BCUT2D eigenvalue weighted by Gasteiger charge is -2.03. The Morgan fingerprint density at radius 1 is 1.44 bits per heavy atom. The number of aromatic nitrogens is 2. The Morgan fingerprint density at radius 2 is 2.19 bits per heavy atom. The van der Waals surface area contributed by atoms with Gasteiger partial charge in [0, 0.05) is 5.71 Å². The van der Waals surface area contributed by atoms with Crippen LogP contribution in [0.3, 0.4) is 0 Å². The zero-order valence-corrected chi connectivity index (χ0v) is 9.22. The van der Waals surface area contributed by atoms with E-state index in [9.17, 15) is 0 Å². The number of aliphatic imine (C=N–C) groups is 1. The topological polar surface area (TPSA) is 30.2 Å². The van der Waals surface area contributed by atoms with Gasteiger partial charge in [0.05, 0.1) is 11.0 Å². The fourth-order valence-electron chi connectivity index (χ4n) is 1.47. The summed E-state index contributed by atoms with van der Waals surface area (Å²) >= 11 is 0. The smallest absolute Gasteiger partial charge is 0.131 e. The van der Waals surface area contributed by atoms with E-state index in [1.54, 1.807) is 12.4 Å². The second-order valence-electron chi connectivity index (χ2n) is 3.48. The van der Waals surface area contributed by atoms with Crippen molar-refractivity contribution in [2.24, 2.45) is 4.99 Å². The Bertz CT molecular complexity index is 576. The lowest BCUT2D eigenvalue weighted by molar-refractivity contribution is 1.10. The van der Waals surface area contributed by atoms with Gasteiger partial charge >= 0.3 is 0 Å². The van der Waals surface area contributed by atoms with Crippen molar-refractivity contribution in [1.82, 2.24) is 9.55 Å². The minimum atomic E-state index is 0.645. The Labute approximate surface area is 94.5 Å². The first-order valence-electron chi connectivity index (χ1n) is 5.01. The van der Waals surface area contributed by atoms with Crippen LogP contribution in [0.4, 0.5) is 0 Å². The van der Waals surface area contributed by atoms with Crippen LogP contribution in [0.5, 0.6) is 0 Å². The number of imidazole rings is 1. The van der Waals surface area contributed by atoms with Crippen LogP contribution < -0.4 is 0 Å². The Kier molecular flexibility index (Phi) is 2.68. The maximum atomic E-state index is 4.32. The number of hydrogen-bond acceptors (Lipinski definition) is 2. The molecule has 0 saturated heterocycles. The molecule has 0 amide bonds. The van der Waals surface area contributed by atoms with Crippen molar-refractivity contribution >= 4 is 22.6 Å². The Balaban J connectivity index is 2.48. The van der Waals surface area contributed by atoms with E-state index in [1.807, 2.05) is 35.8 Å². The summed E-state index contributed by atoms with van der Waals surface area (Å²) in [6.07, 6.45) is 3.43. The van der Waals surface area contributed by atoms with E-state index in [-0.39, 0.29) is 0 Å². The first-order chi connectivity index (χ1) is 7.72. The summed E-state index contributed by atoms with van der Waals surface area (Å²) in [6, 6.07) is 7.88. The molecule has 0 N–H and O–H groups in total. The van der Waals surface area contributed by atoms with Crippen LogP contribution in [-0.2, 0) is 0 Å². The largest absolute Gasteiger partial charge is 0.283 e. The molecule has 80 valence electrons. The van der Waals surface area contributed by atoms with E-state index >= 15 is 0 Å². The first kappa shape index (κ1) is 10.4. The number of hydrogen-bond donors (Lipinski definition) is 0. The summed E-state index contributed by atoms with van der Waals surface area (Å²) in [5, 5.41) is 0. The normalized spacial score (nSPS) is 11.7. The molecule has 0 aliphatic rings. The zero-order chi connectivity index (χ0) is 11.5. The third kappa shape index (κ3) is 1.80. The number of rotatable bonds is 3. The molecular formula is C13H13N3. The average molecular weight is 211 g/mol. The van der Waals surface area contributed by atoms with Crippen LogP contribution in [0, 0.1) is 0 Å². The van der Waals surface area contributed by atoms with Crippen molar-refractivity contribution in [3.63, 3.8) is 0 Å². The van der Waals surface area contributed by atoms with Gasteiger partial charge in [-0.1, -0.05) is 25.3 Å². The summed E-state index contributed by atoms with van der Waals surface area (Å²) in [5.41, 5.74) is 2.78. The molecule has 2 rings (SSSR count). The lowest BCUT2D eigenvalue weighted by atomic mass is 10.3. The number of allylic oxidation sites excluding steroid dienone is 1. The molecule has 1 aromatic heterocycles. The van der Waals surface area contributed by atoms with Crippen molar-refractivity contribution in [1.29, 1.82) is 0 Å². The van der Waals surface area contributed by atoms with Crippen LogP contribution in [0.2, 0.25) is 0 Å². The molecule has 0 bridgehead atoms. The summed E-state index contributed by atoms with van der Waals surface area (Å²) in [5.74, 6) is 0.645. The molecule has 16 heavy (non-hydrogen) atoms. The lowest BCUT2D eigenvalue weighted by Crippen LogP contribution is -1.94. The number of para-hydroxylation sites is 2. The molecule has 0 fully saturated rings. The van der Waals surface area contributed by atoms with Crippen LogP contribution in [0.15, 0.2) is 54.8 Å². The quantitative estimate of drug-likeness (QED) is 0.717. The molecule has 0 unspecified atom stereocenters. The molecule has 0 aliphatic heterocycles. The maximum absolute atomic E-state index is 4.32. The third-order valence-corrected chi connectivity index (χ3v) is 2.33. The highest BCUT2D eigenvalue weighted by molar-refractivity contribution is 5.95. The van der Waals surface area contributed by atoms with E-state index in [1.165, 1.54) is 0 Å². The molecule has 0 aliphatic carbocycles. The molecule has 3 nitrogen and oxygen atoms in total. The van der Waals surface area contributed by atoms with Crippen molar-refractivity contribution in [3.05, 3.63) is 49.8 Å². The van der Waals surface area contributed by atoms with Crippen LogP contribution in [0.1, 0.15) is 6.92 Å². The van der Waals surface area contributed by atoms with Crippen molar-refractivity contribution in [2.75, 3.05) is 0 Å². The summed E-state index contributed by atoms with van der Waals surface area (Å²) in [4.78, 5) is 8.60. The minimum Gasteiger partial charge on any atom is -0.283 e. The molecule has 1 heterocycles. The number of benzene rings is 1. The van der Waals surface area contributed by atoms with Crippen molar-refractivity contribution < 1.29 is 0 Å². The van der Waals surface area contributed by atoms with Gasteiger partial charge in [-0.2, -0.15) is 0 Å². The Hall–Kier alpha value is -2.16. The molecule has 3 heteroatoms. The second-order valence-corrected chi connectivity index (χ2v) is 3.48. The highest BCUT2D eigenvalue weighted by Gasteiger charge is 2.03. The third-order valence-electron chi connectivity index (χ3n) is 2.33. The fourth-order valence-corrected chi connectivity index (χ4v) is 1.47. The highest BCUT2D eigenvalue weighted by Crippen LogP contribution is 2.16. The van der Waals surface area contributed by atoms with Gasteiger partial charge in [0.1, 0.15) is 12.1 Å². The predicted molar refractivity (Wildman–Crippen MR) is 68.4 cm³/mol. The van der Waals surface area contributed by atoms with Gasteiger partial charge in [-0.15, -0.1) is 0 Å². The van der Waals surface area contributed by atoms with E-state index in [0.717, 1.165) is 16.7 Å². The molecule has 1 aromatic carbocycles. The van der Waals surface area contributed by atoms with Gasteiger partial charge in [0.2, 0.25) is 0 Å². The molecule has 0 saturated carbocycles. The van der Waals surface area contributed by atoms with Crippen LogP contribution in [-0.4, -0.2) is 15.3 Å². The van der Waals surface area contributed by atoms with Gasteiger partial charge in [0.15, 0.2) is 0 Å². The molecular weight excluding hydrogens is 198 g/mol. The van der Waals surface area contributed by atoms with Gasteiger partial charge in [-0.3, -0.25) is 4.57 Å². The monoisotopic (exact) mass is 211 g/mol. The predicted octanol–water partition coefficient (Wildman–Crippen LogP) is 3.11. The fraction of sp³-hybridized carbons (Fsp3) is 0.0769. The number of nitrogens with zero attached hydrogens (tertiary/aromatic N) is 3. The maximum Gasteiger partial charge on any atom is 0.131 e. The van der Waals surface area contributed by atoms with Crippen molar-refractivity contribution in [3.8, 4) is 0 Å². The van der Waals surface area contributed by atoms with E-state index in [0.29, 0.717) is 5.82 Å². The SMILES string of the molecule is C=C/C(C)=N\C(=C)n1cnc2ccccc21. The first-order valence-corrected chi connectivity index (χ1v) is 5.01. The van der Waals surface area contributed by atoms with E-state index in [4.69, 9.17) is 0 Å². The van der Waals surface area contributed by atoms with Crippen molar-refractivity contribution in [2.45, 2.75) is 6.92 Å². The minimum absolute atomic E-state index is 0.645. The molecule has 0 atom stereocenters. The standard InChI is InChI=1S/C13H13N3/c1-4-10(2)15-11(3)16-9-14-12-7-5-6-8-13(12)16/h4-9H,1,3H2,2H3/b15-10-. The summed E-state index contributed by atoms with van der Waals surface area (Å²) < 4.78 is 1.86. The highest BCUT2D eigenvalue weighted by atomic mass is 15.1. The second kappa shape index (κ2) is 4.14. The van der Waals surface area contributed by atoms with Gasteiger partial charge in [-0.25, -0.2) is 9.98 Å². The van der Waals surface area contributed by atoms with Crippen LogP contribution >= 0.6 is 0 Å². The molecule has 0 spiro atoms. The summed E-state index contributed by atoms with van der Waals surface area (Å²) in [6.45, 7) is 9.47. The zero-order valence-electron chi connectivity index (χ0n) is 9.22. The van der Waals surface area contributed by atoms with Crippen LogP contribution in [0.25, 0.3) is 16.9 Å². The summed E-state index contributed by atoms with van der Waals surface area (Å²) in [7, 11) is 0. The number of fused-ring (bicyclic) bond motifs is 1. The molecule has 2 aromatic rings. The van der Waals surface area contributed by atoms with Gasteiger partial charge < -0.3 is 0 Å². The van der Waals surface area contributed by atoms with E-state index < -0.39 is 0 Å². The van der Waals surface area contributed by atoms with Gasteiger partial charge in [0.25, 0.3) is 0 Å². The Morgan fingerprint density at radius 3 is 2.94 bits per heavy atom. The van der Waals surface area contributed by atoms with E-state index in [2.05, 4.69) is 23.1 Å².